The number of hydrogen-bond acceptors (Lipinski definition) is 2. The standard InChI is InChI=1S/C12H21NS/c1-9(2)8-13-6-5-12-7-10(3)14-11(12)4/h7,9,13H,5-6,8H2,1-4H3. The molecule has 80 valence electrons. The molecule has 0 aliphatic heterocycles. The molecule has 0 unspecified atom stereocenters. The first-order chi connectivity index (χ1) is 6.59. The molecule has 1 heterocycles. The van der Waals surface area contributed by atoms with Gasteiger partial charge in [-0.15, -0.1) is 11.3 Å². The van der Waals surface area contributed by atoms with Crippen LogP contribution in [0.1, 0.15) is 29.2 Å². The van der Waals surface area contributed by atoms with E-state index in [4.69, 9.17) is 0 Å². The van der Waals surface area contributed by atoms with Gasteiger partial charge >= 0.3 is 0 Å². The lowest BCUT2D eigenvalue weighted by atomic mass is 10.1. The molecule has 0 fully saturated rings. The van der Waals surface area contributed by atoms with Gasteiger partial charge in [-0.3, -0.25) is 0 Å². The zero-order valence-electron chi connectivity index (χ0n) is 9.68. The van der Waals surface area contributed by atoms with Crippen LogP contribution < -0.4 is 5.32 Å². The van der Waals surface area contributed by atoms with Crippen LogP contribution in [0.2, 0.25) is 0 Å². The van der Waals surface area contributed by atoms with E-state index in [1.54, 1.807) is 0 Å². The molecular formula is C12H21NS. The van der Waals surface area contributed by atoms with Crippen molar-refractivity contribution < 1.29 is 0 Å². The molecule has 1 aromatic heterocycles. The molecule has 0 bridgehead atoms. The number of thiophene rings is 1. The van der Waals surface area contributed by atoms with Crippen LogP contribution in [0, 0.1) is 19.8 Å². The molecule has 0 spiro atoms. The minimum atomic E-state index is 0.750. The Bertz CT molecular complexity index is 276. The van der Waals surface area contributed by atoms with Gasteiger partial charge in [-0.25, -0.2) is 0 Å². The predicted molar refractivity (Wildman–Crippen MR) is 65.2 cm³/mol. The van der Waals surface area contributed by atoms with Crippen molar-refractivity contribution in [2.24, 2.45) is 5.92 Å². The third-order valence-electron chi connectivity index (χ3n) is 2.27. The zero-order valence-corrected chi connectivity index (χ0v) is 10.5. The number of nitrogens with one attached hydrogen (secondary N) is 1. The van der Waals surface area contributed by atoms with E-state index in [1.807, 2.05) is 11.3 Å². The Hall–Kier alpha value is -0.340. The van der Waals surface area contributed by atoms with Crippen molar-refractivity contribution in [1.82, 2.24) is 5.32 Å². The van der Waals surface area contributed by atoms with Gasteiger partial charge in [-0.1, -0.05) is 13.8 Å². The Morgan fingerprint density at radius 3 is 2.57 bits per heavy atom. The molecule has 2 heteroatoms. The van der Waals surface area contributed by atoms with Crippen LogP contribution in [-0.4, -0.2) is 13.1 Å². The molecule has 0 saturated heterocycles. The largest absolute Gasteiger partial charge is 0.316 e. The highest BCUT2D eigenvalue weighted by molar-refractivity contribution is 7.12. The maximum atomic E-state index is 3.47. The Morgan fingerprint density at radius 1 is 1.36 bits per heavy atom. The van der Waals surface area contributed by atoms with E-state index in [2.05, 4.69) is 39.1 Å². The van der Waals surface area contributed by atoms with Crippen molar-refractivity contribution in [1.29, 1.82) is 0 Å². The van der Waals surface area contributed by atoms with Crippen LogP contribution in [0.3, 0.4) is 0 Å². The molecule has 0 radical (unpaired) electrons. The van der Waals surface area contributed by atoms with Gasteiger partial charge in [0.25, 0.3) is 0 Å². The van der Waals surface area contributed by atoms with E-state index in [1.165, 1.54) is 21.7 Å². The Labute approximate surface area is 91.5 Å². The highest BCUT2D eigenvalue weighted by Crippen LogP contribution is 2.20. The lowest BCUT2D eigenvalue weighted by molar-refractivity contribution is 0.554. The second kappa shape index (κ2) is 5.52. The second-order valence-corrected chi connectivity index (χ2v) is 5.75. The smallest absolute Gasteiger partial charge is 0.00495 e. The summed E-state index contributed by atoms with van der Waals surface area (Å²) in [6.07, 6.45) is 1.17. The fourth-order valence-corrected chi connectivity index (χ4v) is 2.52. The van der Waals surface area contributed by atoms with Crippen LogP contribution >= 0.6 is 11.3 Å². The van der Waals surface area contributed by atoms with Crippen molar-refractivity contribution in [3.63, 3.8) is 0 Å². The van der Waals surface area contributed by atoms with E-state index < -0.39 is 0 Å². The summed E-state index contributed by atoms with van der Waals surface area (Å²) >= 11 is 1.91. The molecule has 0 aromatic carbocycles. The summed E-state index contributed by atoms with van der Waals surface area (Å²) in [5.41, 5.74) is 1.52. The lowest BCUT2D eigenvalue weighted by Crippen LogP contribution is -2.22. The molecule has 1 N–H and O–H groups in total. The summed E-state index contributed by atoms with van der Waals surface area (Å²) in [6, 6.07) is 2.32. The minimum absolute atomic E-state index is 0.750. The first-order valence-corrected chi connectivity index (χ1v) is 6.18. The van der Waals surface area contributed by atoms with E-state index in [9.17, 15) is 0 Å². The molecule has 1 nitrogen and oxygen atoms in total. The van der Waals surface area contributed by atoms with Gasteiger partial charge in [-0.05, 0) is 50.9 Å². The Kier molecular flexibility index (Phi) is 4.63. The van der Waals surface area contributed by atoms with Gasteiger partial charge in [-0.2, -0.15) is 0 Å². The monoisotopic (exact) mass is 211 g/mol. The summed E-state index contributed by atoms with van der Waals surface area (Å²) in [5.74, 6) is 0.750. The second-order valence-electron chi connectivity index (χ2n) is 4.29. The molecule has 0 aliphatic carbocycles. The maximum Gasteiger partial charge on any atom is 0.00495 e. The third kappa shape index (κ3) is 3.81. The summed E-state index contributed by atoms with van der Waals surface area (Å²) in [7, 11) is 0. The van der Waals surface area contributed by atoms with Crippen molar-refractivity contribution in [2.45, 2.75) is 34.1 Å². The van der Waals surface area contributed by atoms with Gasteiger partial charge in [0.1, 0.15) is 0 Å². The fraction of sp³-hybridized carbons (Fsp3) is 0.667. The summed E-state index contributed by atoms with van der Waals surface area (Å²) in [4.78, 5) is 2.91. The average molecular weight is 211 g/mol. The summed E-state index contributed by atoms with van der Waals surface area (Å²) < 4.78 is 0. The van der Waals surface area contributed by atoms with Gasteiger partial charge < -0.3 is 5.32 Å². The highest BCUT2D eigenvalue weighted by atomic mass is 32.1. The van der Waals surface area contributed by atoms with Gasteiger partial charge in [0.15, 0.2) is 0 Å². The van der Waals surface area contributed by atoms with Gasteiger partial charge in [0.05, 0.1) is 0 Å². The molecule has 0 saturated carbocycles. The SMILES string of the molecule is Cc1cc(CCNCC(C)C)c(C)s1. The topological polar surface area (TPSA) is 12.0 Å². The minimum Gasteiger partial charge on any atom is -0.316 e. The molecule has 0 amide bonds. The van der Waals surface area contributed by atoms with E-state index in [0.717, 1.165) is 19.0 Å². The normalized spacial score (nSPS) is 11.2. The van der Waals surface area contributed by atoms with E-state index in [0.29, 0.717) is 0 Å². The average Bonchev–Trinajstić information content (AvgIpc) is 2.39. The first kappa shape index (κ1) is 11.7. The molecule has 0 aliphatic rings. The van der Waals surface area contributed by atoms with Crippen LogP contribution in [0.15, 0.2) is 6.07 Å². The van der Waals surface area contributed by atoms with Crippen LogP contribution in [0.4, 0.5) is 0 Å². The summed E-state index contributed by atoms with van der Waals surface area (Å²) in [5, 5.41) is 3.47. The van der Waals surface area contributed by atoms with Crippen molar-refractivity contribution in [3.05, 3.63) is 21.4 Å². The first-order valence-electron chi connectivity index (χ1n) is 5.36. The van der Waals surface area contributed by atoms with E-state index >= 15 is 0 Å². The molecule has 0 atom stereocenters. The quantitative estimate of drug-likeness (QED) is 0.738. The van der Waals surface area contributed by atoms with E-state index in [-0.39, 0.29) is 0 Å². The van der Waals surface area contributed by atoms with Crippen molar-refractivity contribution in [3.8, 4) is 0 Å². The summed E-state index contributed by atoms with van der Waals surface area (Å²) in [6.45, 7) is 11.1. The molecule has 1 aromatic rings. The van der Waals surface area contributed by atoms with Crippen LogP contribution in [-0.2, 0) is 6.42 Å². The zero-order chi connectivity index (χ0) is 10.6. The molecule has 1 rings (SSSR count). The predicted octanol–water partition coefficient (Wildman–Crippen LogP) is 3.15. The number of rotatable bonds is 5. The van der Waals surface area contributed by atoms with Gasteiger partial charge in [0.2, 0.25) is 0 Å². The maximum absolute atomic E-state index is 3.47. The Balaban J connectivity index is 2.28. The fourth-order valence-electron chi connectivity index (χ4n) is 1.55. The number of hydrogen-bond donors (Lipinski definition) is 1. The van der Waals surface area contributed by atoms with Crippen molar-refractivity contribution in [2.75, 3.05) is 13.1 Å². The molecule has 14 heavy (non-hydrogen) atoms. The lowest BCUT2D eigenvalue weighted by Gasteiger charge is -2.06. The van der Waals surface area contributed by atoms with Gasteiger partial charge in [0, 0.05) is 9.75 Å². The third-order valence-corrected chi connectivity index (χ3v) is 3.28. The highest BCUT2D eigenvalue weighted by Gasteiger charge is 2.02. The number of aryl methyl sites for hydroxylation is 2. The Morgan fingerprint density at radius 2 is 2.07 bits per heavy atom. The van der Waals surface area contributed by atoms with Crippen LogP contribution in [0.5, 0.6) is 0 Å². The van der Waals surface area contributed by atoms with Crippen molar-refractivity contribution >= 4 is 11.3 Å². The molecular weight excluding hydrogens is 190 g/mol. The van der Waals surface area contributed by atoms with Crippen LogP contribution in [0.25, 0.3) is 0 Å².